The quantitative estimate of drug-likeness (QED) is 0.653. The largest absolute Gasteiger partial charge is 0.507 e. The maximum Gasteiger partial charge on any atom is 0.253 e. The van der Waals surface area contributed by atoms with E-state index in [1.165, 1.54) is 5.56 Å². The number of phenolic OH excluding ortho intramolecular Hbond substituents is 1. The first-order chi connectivity index (χ1) is 12.8. The van der Waals surface area contributed by atoms with E-state index in [0.717, 1.165) is 33.4 Å². The predicted octanol–water partition coefficient (Wildman–Crippen LogP) is 5.25. The number of amides is 1. The van der Waals surface area contributed by atoms with Gasteiger partial charge in [-0.2, -0.15) is 0 Å². The number of phenols is 1. The molecule has 0 aliphatic heterocycles. The lowest BCUT2D eigenvalue weighted by atomic mass is 10.00. The van der Waals surface area contributed by atoms with Crippen molar-refractivity contribution in [2.75, 3.05) is 0 Å². The average molecular weight is 377 g/mol. The van der Waals surface area contributed by atoms with Crippen LogP contribution in [0, 0.1) is 27.7 Å². The second kappa shape index (κ2) is 8.70. The van der Waals surface area contributed by atoms with Crippen LogP contribution in [0.5, 0.6) is 5.75 Å². The van der Waals surface area contributed by atoms with Crippen LogP contribution in [0.15, 0.2) is 48.8 Å². The Balaban J connectivity index is 0.00000280. The molecule has 4 nitrogen and oxygen atoms in total. The maximum atomic E-state index is 12.6. The van der Waals surface area contributed by atoms with Crippen molar-refractivity contribution in [3.05, 3.63) is 82.2 Å². The Morgan fingerprint density at radius 2 is 1.61 bits per heavy atom. The fraction of sp³-hybridized carbons (Fsp3) is 0.250. The van der Waals surface area contributed by atoms with E-state index in [-0.39, 0.29) is 13.3 Å². The van der Waals surface area contributed by atoms with Crippen molar-refractivity contribution in [1.82, 2.24) is 10.3 Å². The average Bonchev–Trinajstić information content (AvgIpc) is 2.66. The van der Waals surface area contributed by atoms with Crippen LogP contribution in [0.2, 0.25) is 0 Å². The highest BCUT2D eigenvalue weighted by atomic mass is 16.3. The summed E-state index contributed by atoms with van der Waals surface area (Å²) in [5.74, 6) is 0.145. The summed E-state index contributed by atoms with van der Waals surface area (Å²) in [5.41, 5.74) is 7.33. The Hall–Kier alpha value is -3.14. The predicted molar refractivity (Wildman–Crippen MR) is 115 cm³/mol. The molecule has 3 aromatic rings. The van der Waals surface area contributed by atoms with Gasteiger partial charge in [0.1, 0.15) is 5.75 Å². The molecule has 4 heteroatoms. The zero-order chi connectivity index (χ0) is 19.6. The minimum atomic E-state index is -0.155. The Labute approximate surface area is 167 Å². The van der Waals surface area contributed by atoms with Crippen LogP contribution >= 0.6 is 0 Å². The van der Waals surface area contributed by atoms with Gasteiger partial charge in [0.15, 0.2) is 0 Å². The van der Waals surface area contributed by atoms with E-state index in [9.17, 15) is 9.90 Å². The van der Waals surface area contributed by atoms with Crippen molar-refractivity contribution < 1.29 is 9.90 Å². The number of aromatic nitrogens is 1. The van der Waals surface area contributed by atoms with Crippen LogP contribution < -0.4 is 5.32 Å². The van der Waals surface area contributed by atoms with Gasteiger partial charge < -0.3 is 10.4 Å². The molecule has 0 unspecified atom stereocenters. The molecule has 2 N–H and O–H groups in total. The molecular weight excluding hydrogens is 348 g/mol. The van der Waals surface area contributed by atoms with E-state index in [1.54, 1.807) is 12.4 Å². The molecule has 2 aromatic carbocycles. The Kier molecular flexibility index (Phi) is 6.57. The van der Waals surface area contributed by atoms with Gasteiger partial charge in [-0.15, -0.1) is 0 Å². The van der Waals surface area contributed by atoms with Crippen molar-refractivity contribution in [3.8, 4) is 16.9 Å². The number of rotatable bonds is 4. The summed E-state index contributed by atoms with van der Waals surface area (Å²) in [6, 6.07) is 11.8. The summed E-state index contributed by atoms with van der Waals surface area (Å²) < 4.78 is 0. The highest BCUT2D eigenvalue weighted by Gasteiger charge is 2.11. The van der Waals surface area contributed by atoms with Crippen molar-refractivity contribution >= 4 is 5.91 Å². The minimum Gasteiger partial charge on any atom is -0.507 e. The zero-order valence-corrected chi connectivity index (χ0v) is 16.1. The summed E-state index contributed by atoms with van der Waals surface area (Å²) in [6.07, 6.45) is 3.30. The van der Waals surface area contributed by atoms with Crippen molar-refractivity contribution in [1.29, 1.82) is 0 Å². The highest BCUT2D eigenvalue weighted by Crippen LogP contribution is 2.29. The molecule has 0 saturated carbocycles. The van der Waals surface area contributed by atoms with E-state index < -0.39 is 0 Å². The zero-order valence-electron chi connectivity index (χ0n) is 16.1. The highest BCUT2D eigenvalue weighted by molar-refractivity contribution is 5.95. The number of nitrogens with one attached hydrogen (secondary N) is 1. The molecule has 0 bridgehead atoms. The van der Waals surface area contributed by atoms with Crippen LogP contribution in [-0.4, -0.2) is 16.0 Å². The van der Waals surface area contributed by atoms with Crippen molar-refractivity contribution in [2.45, 2.75) is 41.7 Å². The molecule has 0 aliphatic rings. The van der Waals surface area contributed by atoms with E-state index in [1.807, 2.05) is 45.9 Å². The lowest BCUT2D eigenvalue weighted by molar-refractivity contribution is 0.0950. The Morgan fingerprint density at radius 3 is 2.29 bits per heavy atom. The minimum absolute atomic E-state index is 0. The third-order valence-corrected chi connectivity index (χ3v) is 4.77. The second-order valence-electron chi connectivity index (χ2n) is 7.03. The van der Waals surface area contributed by atoms with Crippen LogP contribution in [0.25, 0.3) is 11.1 Å². The van der Waals surface area contributed by atoms with Gasteiger partial charge in [0.05, 0.1) is 5.56 Å². The molecule has 1 aromatic heterocycles. The summed E-state index contributed by atoms with van der Waals surface area (Å²) >= 11 is 0. The number of carbonyl (C=O) groups is 1. The van der Waals surface area contributed by atoms with E-state index >= 15 is 0 Å². The molecule has 146 valence electrons. The SMILES string of the molecule is C.Cc1ccc(C)c(CNC(=O)c2cncc(-c3cc(C)c(O)c(C)c3)c2)c1. The first-order valence-corrected chi connectivity index (χ1v) is 8.95. The van der Waals surface area contributed by atoms with Gasteiger partial charge in [-0.3, -0.25) is 9.78 Å². The summed E-state index contributed by atoms with van der Waals surface area (Å²) in [5, 5.41) is 12.9. The van der Waals surface area contributed by atoms with Crippen LogP contribution in [0.1, 0.15) is 45.6 Å². The van der Waals surface area contributed by atoms with Gasteiger partial charge >= 0.3 is 0 Å². The lowest BCUT2D eigenvalue weighted by Crippen LogP contribution is -2.23. The number of hydrogen-bond acceptors (Lipinski definition) is 3. The third-order valence-electron chi connectivity index (χ3n) is 4.77. The van der Waals surface area contributed by atoms with E-state index in [2.05, 4.69) is 28.5 Å². The van der Waals surface area contributed by atoms with Gasteiger partial charge in [0.2, 0.25) is 0 Å². The molecule has 0 atom stereocenters. The molecular formula is C24H28N2O2. The number of hydrogen-bond donors (Lipinski definition) is 2. The maximum absolute atomic E-state index is 12.6. The molecule has 0 radical (unpaired) electrons. The topological polar surface area (TPSA) is 62.2 Å². The molecule has 3 rings (SSSR count). The number of pyridine rings is 1. The smallest absolute Gasteiger partial charge is 0.253 e. The molecule has 1 amide bonds. The summed E-state index contributed by atoms with van der Waals surface area (Å²) in [4.78, 5) is 16.8. The molecule has 0 saturated heterocycles. The number of benzene rings is 2. The molecule has 0 fully saturated rings. The molecule has 28 heavy (non-hydrogen) atoms. The molecule has 0 aliphatic carbocycles. The van der Waals surface area contributed by atoms with Gasteiger partial charge in [-0.05, 0) is 73.7 Å². The van der Waals surface area contributed by atoms with Crippen LogP contribution in [0.4, 0.5) is 0 Å². The third kappa shape index (κ3) is 4.58. The number of aryl methyl sites for hydroxylation is 4. The lowest BCUT2D eigenvalue weighted by Gasteiger charge is -2.11. The first kappa shape index (κ1) is 21.2. The van der Waals surface area contributed by atoms with E-state index in [4.69, 9.17) is 0 Å². The Bertz CT molecular complexity index is 986. The fourth-order valence-corrected chi connectivity index (χ4v) is 3.11. The van der Waals surface area contributed by atoms with Crippen molar-refractivity contribution in [2.24, 2.45) is 0 Å². The summed E-state index contributed by atoms with van der Waals surface area (Å²) in [6.45, 7) is 8.28. The summed E-state index contributed by atoms with van der Waals surface area (Å²) in [7, 11) is 0. The van der Waals surface area contributed by atoms with Gasteiger partial charge in [0.25, 0.3) is 5.91 Å². The Morgan fingerprint density at radius 1 is 0.929 bits per heavy atom. The van der Waals surface area contributed by atoms with Crippen LogP contribution in [0.3, 0.4) is 0 Å². The monoisotopic (exact) mass is 376 g/mol. The molecule has 1 heterocycles. The normalized spacial score (nSPS) is 10.3. The first-order valence-electron chi connectivity index (χ1n) is 8.95. The van der Waals surface area contributed by atoms with Crippen molar-refractivity contribution in [3.63, 3.8) is 0 Å². The number of nitrogens with zero attached hydrogens (tertiary/aromatic N) is 1. The van der Waals surface area contributed by atoms with Gasteiger partial charge in [-0.25, -0.2) is 0 Å². The van der Waals surface area contributed by atoms with Gasteiger partial charge in [0, 0.05) is 24.5 Å². The second-order valence-corrected chi connectivity index (χ2v) is 7.03. The fourth-order valence-electron chi connectivity index (χ4n) is 3.11. The standard InChI is InChI=1S/C23H24N2O2.CH4/c1-14-5-6-15(2)19(7-14)13-25-23(27)21-10-20(11-24-12-21)18-8-16(3)22(26)17(4)9-18;/h5-12,26H,13H2,1-4H3,(H,25,27);1H4. The van der Waals surface area contributed by atoms with Gasteiger partial charge in [-0.1, -0.05) is 31.2 Å². The van der Waals surface area contributed by atoms with E-state index in [0.29, 0.717) is 17.9 Å². The van der Waals surface area contributed by atoms with Crippen LogP contribution in [-0.2, 0) is 6.54 Å². The molecule has 0 spiro atoms. The number of carbonyl (C=O) groups excluding carboxylic acids is 1. The number of aromatic hydroxyl groups is 1.